The Morgan fingerprint density at radius 3 is 2.55 bits per heavy atom. The maximum atomic E-state index is 11.7. The summed E-state index contributed by atoms with van der Waals surface area (Å²) < 4.78 is 0. The Hall–Kier alpha value is -1.06. The van der Waals surface area contributed by atoms with E-state index >= 15 is 0 Å². The van der Waals surface area contributed by atoms with Crippen molar-refractivity contribution in [1.29, 1.82) is 0 Å². The summed E-state index contributed by atoms with van der Waals surface area (Å²) in [4.78, 5) is 11.7. The van der Waals surface area contributed by atoms with E-state index in [0.29, 0.717) is 13.0 Å². The van der Waals surface area contributed by atoms with Crippen LogP contribution in [0.15, 0.2) is 18.2 Å². The summed E-state index contributed by atoms with van der Waals surface area (Å²) >= 11 is 0. The molecule has 0 aliphatic carbocycles. The van der Waals surface area contributed by atoms with E-state index in [1.807, 2.05) is 0 Å². The third-order valence-corrected chi connectivity index (χ3v) is 3.17. The van der Waals surface area contributed by atoms with E-state index in [0.717, 1.165) is 25.9 Å². The van der Waals surface area contributed by atoms with Crippen LogP contribution in [0.2, 0.25) is 0 Å². The van der Waals surface area contributed by atoms with Crippen molar-refractivity contribution < 1.29 is 4.79 Å². The highest BCUT2D eigenvalue weighted by molar-refractivity contribution is 5.85. The van der Waals surface area contributed by atoms with Gasteiger partial charge in [-0.05, 0) is 44.4 Å². The predicted octanol–water partition coefficient (Wildman–Crippen LogP) is 2.77. The smallest absolute Gasteiger partial charge is 0.220 e. The first-order chi connectivity index (χ1) is 9.13. The first-order valence-electron chi connectivity index (χ1n) is 7.17. The number of benzene rings is 1. The second-order valence-corrected chi connectivity index (χ2v) is 5.03. The SMILES string of the molecule is CCCNCCNC(=O)CCc1ccc(C)cc1C.Cl. The summed E-state index contributed by atoms with van der Waals surface area (Å²) in [6.07, 6.45) is 2.51. The zero-order valence-electron chi connectivity index (χ0n) is 12.8. The van der Waals surface area contributed by atoms with Gasteiger partial charge in [0, 0.05) is 19.5 Å². The summed E-state index contributed by atoms with van der Waals surface area (Å²) in [6.45, 7) is 8.91. The van der Waals surface area contributed by atoms with Crippen LogP contribution in [0, 0.1) is 13.8 Å². The maximum absolute atomic E-state index is 11.7. The molecule has 0 unspecified atom stereocenters. The fourth-order valence-corrected chi connectivity index (χ4v) is 2.05. The average Bonchev–Trinajstić information content (AvgIpc) is 2.37. The highest BCUT2D eigenvalue weighted by atomic mass is 35.5. The fraction of sp³-hybridized carbons (Fsp3) is 0.562. The number of carbonyl (C=O) groups excluding carboxylic acids is 1. The van der Waals surface area contributed by atoms with Crippen molar-refractivity contribution in [3.8, 4) is 0 Å². The van der Waals surface area contributed by atoms with Gasteiger partial charge in [-0.25, -0.2) is 0 Å². The van der Waals surface area contributed by atoms with E-state index in [1.165, 1.54) is 16.7 Å². The molecule has 0 aromatic heterocycles. The van der Waals surface area contributed by atoms with Crippen molar-refractivity contribution in [1.82, 2.24) is 10.6 Å². The van der Waals surface area contributed by atoms with Gasteiger partial charge in [0.15, 0.2) is 0 Å². The van der Waals surface area contributed by atoms with Gasteiger partial charge in [-0.2, -0.15) is 0 Å². The second-order valence-electron chi connectivity index (χ2n) is 5.03. The summed E-state index contributed by atoms with van der Waals surface area (Å²) in [5.41, 5.74) is 3.81. The fourth-order valence-electron chi connectivity index (χ4n) is 2.05. The van der Waals surface area contributed by atoms with E-state index < -0.39 is 0 Å². The van der Waals surface area contributed by atoms with Gasteiger partial charge in [-0.3, -0.25) is 4.79 Å². The van der Waals surface area contributed by atoms with Gasteiger partial charge in [0.25, 0.3) is 0 Å². The lowest BCUT2D eigenvalue weighted by Gasteiger charge is -2.08. The largest absolute Gasteiger partial charge is 0.355 e. The summed E-state index contributed by atoms with van der Waals surface area (Å²) in [5, 5.41) is 6.21. The zero-order chi connectivity index (χ0) is 14.1. The molecule has 0 aliphatic heterocycles. The van der Waals surface area contributed by atoms with Gasteiger partial charge in [0.2, 0.25) is 5.91 Å². The Bertz CT molecular complexity index is 407. The predicted molar refractivity (Wildman–Crippen MR) is 87.7 cm³/mol. The molecule has 0 saturated heterocycles. The second kappa shape index (κ2) is 10.7. The van der Waals surface area contributed by atoms with Crippen LogP contribution in [0.5, 0.6) is 0 Å². The topological polar surface area (TPSA) is 41.1 Å². The van der Waals surface area contributed by atoms with Crippen molar-refractivity contribution in [2.45, 2.75) is 40.0 Å². The monoisotopic (exact) mass is 298 g/mol. The van der Waals surface area contributed by atoms with Crippen LogP contribution >= 0.6 is 12.4 Å². The first-order valence-corrected chi connectivity index (χ1v) is 7.17. The molecular weight excluding hydrogens is 272 g/mol. The van der Waals surface area contributed by atoms with Crippen LogP contribution in [0.25, 0.3) is 0 Å². The molecular formula is C16H27ClN2O. The molecule has 1 aromatic rings. The van der Waals surface area contributed by atoms with E-state index in [-0.39, 0.29) is 18.3 Å². The minimum absolute atomic E-state index is 0. The van der Waals surface area contributed by atoms with Crippen molar-refractivity contribution in [3.05, 3.63) is 34.9 Å². The normalized spacial score (nSPS) is 9.95. The van der Waals surface area contributed by atoms with Crippen LogP contribution in [-0.4, -0.2) is 25.5 Å². The van der Waals surface area contributed by atoms with Gasteiger partial charge in [0.05, 0.1) is 0 Å². The van der Waals surface area contributed by atoms with Crippen molar-refractivity contribution in [3.63, 3.8) is 0 Å². The van der Waals surface area contributed by atoms with Crippen LogP contribution in [0.4, 0.5) is 0 Å². The number of halogens is 1. The van der Waals surface area contributed by atoms with E-state index in [2.05, 4.69) is 49.6 Å². The van der Waals surface area contributed by atoms with Crippen LogP contribution in [-0.2, 0) is 11.2 Å². The average molecular weight is 299 g/mol. The third kappa shape index (κ3) is 7.51. The molecule has 0 saturated carbocycles. The van der Waals surface area contributed by atoms with E-state index in [4.69, 9.17) is 0 Å². The molecule has 0 atom stereocenters. The Morgan fingerprint density at radius 2 is 1.90 bits per heavy atom. The Balaban J connectivity index is 0.00000361. The van der Waals surface area contributed by atoms with E-state index in [9.17, 15) is 4.79 Å². The molecule has 0 spiro atoms. The number of rotatable bonds is 8. The lowest BCUT2D eigenvalue weighted by molar-refractivity contribution is -0.121. The number of hydrogen-bond acceptors (Lipinski definition) is 2. The van der Waals surface area contributed by atoms with Gasteiger partial charge in [-0.1, -0.05) is 30.7 Å². The van der Waals surface area contributed by atoms with Gasteiger partial charge < -0.3 is 10.6 Å². The Morgan fingerprint density at radius 1 is 1.15 bits per heavy atom. The van der Waals surface area contributed by atoms with Crippen molar-refractivity contribution >= 4 is 18.3 Å². The lowest BCUT2D eigenvalue weighted by atomic mass is 10.0. The molecule has 20 heavy (non-hydrogen) atoms. The van der Waals surface area contributed by atoms with Crippen LogP contribution < -0.4 is 10.6 Å². The van der Waals surface area contributed by atoms with Gasteiger partial charge in [-0.15, -0.1) is 12.4 Å². The third-order valence-electron chi connectivity index (χ3n) is 3.17. The number of aryl methyl sites for hydroxylation is 3. The summed E-state index contributed by atoms with van der Waals surface area (Å²) in [5.74, 6) is 0.137. The Labute approximate surface area is 128 Å². The molecule has 3 nitrogen and oxygen atoms in total. The molecule has 0 radical (unpaired) electrons. The quantitative estimate of drug-likeness (QED) is 0.725. The zero-order valence-corrected chi connectivity index (χ0v) is 13.6. The van der Waals surface area contributed by atoms with Crippen LogP contribution in [0.3, 0.4) is 0 Å². The minimum atomic E-state index is 0. The first kappa shape index (κ1) is 18.9. The maximum Gasteiger partial charge on any atom is 0.220 e. The Kier molecular flexibility index (Phi) is 10.1. The molecule has 0 aliphatic rings. The minimum Gasteiger partial charge on any atom is -0.355 e. The van der Waals surface area contributed by atoms with Crippen LogP contribution in [0.1, 0.15) is 36.5 Å². The molecule has 4 heteroatoms. The van der Waals surface area contributed by atoms with Gasteiger partial charge >= 0.3 is 0 Å². The highest BCUT2D eigenvalue weighted by Gasteiger charge is 2.03. The summed E-state index contributed by atoms with van der Waals surface area (Å²) in [6, 6.07) is 6.40. The number of hydrogen-bond donors (Lipinski definition) is 2. The molecule has 1 amide bonds. The number of amides is 1. The number of carbonyl (C=O) groups is 1. The molecule has 1 rings (SSSR count). The van der Waals surface area contributed by atoms with E-state index in [1.54, 1.807) is 0 Å². The highest BCUT2D eigenvalue weighted by Crippen LogP contribution is 2.12. The standard InChI is InChI=1S/C16H26N2O.ClH/c1-4-9-17-10-11-18-16(19)8-7-15-6-5-13(2)12-14(15)3;/h5-6,12,17H,4,7-11H2,1-3H3,(H,18,19);1H. The molecule has 0 bridgehead atoms. The van der Waals surface area contributed by atoms with Gasteiger partial charge in [0.1, 0.15) is 0 Å². The molecule has 1 aromatic carbocycles. The molecule has 114 valence electrons. The molecule has 2 N–H and O–H groups in total. The lowest BCUT2D eigenvalue weighted by Crippen LogP contribution is -2.32. The molecule has 0 heterocycles. The van der Waals surface area contributed by atoms with Crippen molar-refractivity contribution in [2.24, 2.45) is 0 Å². The summed E-state index contributed by atoms with van der Waals surface area (Å²) in [7, 11) is 0. The van der Waals surface area contributed by atoms with Crippen molar-refractivity contribution in [2.75, 3.05) is 19.6 Å². The molecule has 0 fully saturated rings. The number of nitrogens with one attached hydrogen (secondary N) is 2.